The molecule has 1 atom stereocenters. The molecular formula is C24H27Cl2N5O3S. The molecule has 0 saturated carbocycles. The summed E-state index contributed by atoms with van der Waals surface area (Å²) in [5.41, 5.74) is 1.65. The molecule has 2 amide bonds. The Balaban J connectivity index is 1.52. The van der Waals surface area contributed by atoms with Crippen LogP contribution in [0.1, 0.15) is 32.2 Å². The maximum Gasteiger partial charge on any atom is 0.261 e. The van der Waals surface area contributed by atoms with Gasteiger partial charge in [-0.05, 0) is 50.1 Å². The van der Waals surface area contributed by atoms with Gasteiger partial charge >= 0.3 is 0 Å². The van der Waals surface area contributed by atoms with Crippen LogP contribution in [0.5, 0.6) is 5.75 Å². The number of ether oxygens (including phenoxy) is 1. The smallest absolute Gasteiger partial charge is 0.261 e. The fourth-order valence-electron chi connectivity index (χ4n) is 3.16. The summed E-state index contributed by atoms with van der Waals surface area (Å²) in [7, 11) is 0. The molecule has 0 aliphatic rings. The first kappa shape index (κ1) is 26.8. The van der Waals surface area contributed by atoms with Crippen LogP contribution in [0.4, 0.5) is 5.69 Å². The van der Waals surface area contributed by atoms with Gasteiger partial charge in [0.15, 0.2) is 17.1 Å². The SMILES string of the molecule is CCc1ccc(O[C@H](C)C(=O)NCc2nnc(SCC(=O)Nc3cccc(Cl)c3Cl)n2CC)cc1. The summed E-state index contributed by atoms with van der Waals surface area (Å²) in [5.74, 6) is 0.813. The number of rotatable bonds is 11. The van der Waals surface area contributed by atoms with Crippen LogP contribution in [-0.4, -0.2) is 38.4 Å². The van der Waals surface area contributed by atoms with E-state index >= 15 is 0 Å². The molecular weight excluding hydrogens is 509 g/mol. The monoisotopic (exact) mass is 535 g/mol. The third kappa shape index (κ3) is 7.37. The average Bonchev–Trinajstić information content (AvgIpc) is 3.26. The van der Waals surface area contributed by atoms with E-state index in [4.69, 9.17) is 27.9 Å². The predicted octanol–water partition coefficient (Wildman–Crippen LogP) is 4.98. The number of nitrogens with one attached hydrogen (secondary N) is 2. The number of halogens is 2. The highest BCUT2D eigenvalue weighted by Gasteiger charge is 2.18. The quantitative estimate of drug-likeness (QED) is 0.336. The lowest BCUT2D eigenvalue weighted by atomic mass is 10.2. The molecule has 0 radical (unpaired) electrons. The van der Waals surface area contributed by atoms with Crippen LogP contribution in [0.2, 0.25) is 10.0 Å². The number of anilines is 1. The van der Waals surface area contributed by atoms with Gasteiger partial charge in [0.1, 0.15) is 5.75 Å². The Morgan fingerprint density at radius 3 is 2.54 bits per heavy atom. The summed E-state index contributed by atoms with van der Waals surface area (Å²) < 4.78 is 7.58. The zero-order valence-corrected chi connectivity index (χ0v) is 22.0. The maximum absolute atomic E-state index is 12.5. The molecule has 0 bridgehead atoms. The van der Waals surface area contributed by atoms with Crippen LogP contribution in [0.25, 0.3) is 0 Å². The molecule has 0 unspecified atom stereocenters. The standard InChI is InChI=1S/C24H27Cl2N5O3S/c1-4-16-9-11-17(12-10-16)34-15(3)23(33)27-13-20-29-30-24(31(20)5-2)35-14-21(32)28-19-8-6-7-18(25)22(19)26/h6-12,15H,4-5,13-14H2,1-3H3,(H,27,33)(H,28,32)/t15-/m1/s1. The molecule has 0 spiro atoms. The van der Waals surface area contributed by atoms with Gasteiger partial charge in [-0.25, -0.2) is 0 Å². The van der Waals surface area contributed by atoms with Crippen molar-refractivity contribution in [3.05, 3.63) is 63.9 Å². The summed E-state index contributed by atoms with van der Waals surface area (Å²) in [6.07, 6.45) is 0.270. The molecule has 3 rings (SSSR count). The summed E-state index contributed by atoms with van der Waals surface area (Å²) in [4.78, 5) is 24.9. The Morgan fingerprint density at radius 1 is 1.11 bits per heavy atom. The second-order valence-corrected chi connectivity index (χ2v) is 9.28. The average molecular weight is 536 g/mol. The molecule has 35 heavy (non-hydrogen) atoms. The predicted molar refractivity (Wildman–Crippen MR) is 139 cm³/mol. The van der Waals surface area contributed by atoms with E-state index in [0.717, 1.165) is 6.42 Å². The minimum Gasteiger partial charge on any atom is -0.481 e. The highest BCUT2D eigenvalue weighted by Crippen LogP contribution is 2.29. The Labute approximate surface area is 218 Å². The van der Waals surface area contributed by atoms with Crippen LogP contribution >= 0.6 is 35.0 Å². The van der Waals surface area contributed by atoms with Crippen molar-refractivity contribution in [2.24, 2.45) is 0 Å². The van der Waals surface area contributed by atoms with Crippen molar-refractivity contribution in [1.29, 1.82) is 0 Å². The van der Waals surface area contributed by atoms with Crippen molar-refractivity contribution in [1.82, 2.24) is 20.1 Å². The summed E-state index contributed by atoms with van der Waals surface area (Å²) in [5, 5.41) is 15.1. The van der Waals surface area contributed by atoms with E-state index in [1.165, 1.54) is 17.3 Å². The summed E-state index contributed by atoms with van der Waals surface area (Å²) >= 11 is 13.3. The Bertz CT molecular complexity index is 1170. The zero-order chi connectivity index (χ0) is 25.4. The lowest BCUT2D eigenvalue weighted by Crippen LogP contribution is -2.36. The lowest BCUT2D eigenvalue weighted by Gasteiger charge is -2.15. The maximum atomic E-state index is 12.5. The van der Waals surface area contributed by atoms with Gasteiger partial charge in [0.05, 0.1) is 28.0 Å². The van der Waals surface area contributed by atoms with E-state index < -0.39 is 6.10 Å². The van der Waals surface area contributed by atoms with Crippen LogP contribution < -0.4 is 15.4 Å². The molecule has 0 saturated heterocycles. The Hall–Kier alpha value is -2.75. The molecule has 3 aromatic rings. The molecule has 1 aromatic heterocycles. The summed E-state index contributed by atoms with van der Waals surface area (Å²) in [6.45, 7) is 6.48. The molecule has 2 aromatic carbocycles. The molecule has 11 heteroatoms. The fraction of sp³-hybridized carbons (Fsp3) is 0.333. The van der Waals surface area contributed by atoms with Gasteiger partial charge in [0, 0.05) is 6.54 Å². The number of thioether (sulfide) groups is 1. The normalized spacial score (nSPS) is 11.7. The van der Waals surface area contributed by atoms with Crippen molar-refractivity contribution < 1.29 is 14.3 Å². The highest BCUT2D eigenvalue weighted by molar-refractivity contribution is 7.99. The van der Waals surface area contributed by atoms with Crippen LogP contribution in [-0.2, 0) is 29.1 Å². The van der Waals surface area contributed by atoms with E-state index in [9.17, 15) is 9.59 Å². The number of hydrogen-bond donors (Lipinski definition) is 2. The van der Waals surface area contributed by atoms with Gasteiger partial charge in [-0.1, -0.05) is 60.1 Å². The zero-order valence-electron chi connectivity index (χ0n) is 19.7. The first-order chi connectivity index (χ1) is 16.8. The molecule has 0 aliphatic carbocycles. The minimum atomic E-state index is -0.670. The number of benzene rings is 2. The van der Waals surface area contributed by atoms with Crippen LogP contribution in [0, 0.1) is 0 Å². The van der Waals surface area contributed by atoms with Gasteiger partial charge in [-0.2, -0.15) is 0 Å². The van der Waals surface area contributed by atoms with Gasteiger partial charge in [-0.3, -0.25) is 9.59 Å². The Morgan fingerprint density at radius 2 is 1.86 bits per heavy atom. The topological polar surface area (TPSA) is 98.1 Å². The first-order valence-electron chi connectivity index (χ1n) is 11.1. The minimum absolute atomic E-state index is 0.106. The first-order valence-corrected chi connectivity index (χ1v) is 12.9. The number of hydrogen-bond acceptors (Lipinski definition) is 6. The molecule has 0 fully saturated rings. The van der Waals surface area contributed by atoms with E-state index in [0.29, 0.717) is 39.0 Å². The molecule has 0 aliphatic heterocycles. The van der Waals surface area contributed by atoms with E-state index in [1.54, 1.807) is 25.1 Å². The van der Waals surface area contributed by atoms with Crippen LogP contribution in [0.3, 0.4) is 0 Å². The van der Waals surface area contributed by atoms with E-state index in [2.05, 4.69) is 27.8 Å². The number of nitrogens with zero attached hydrogens (tertiary/aromatic N) is 3. The van der Waals surface area contributed by atoms with Crippen molar-refractivity contribution >= 4 is 52.5 Å². The van der Waals surface area contributed by atoms with Gasteiger partial charge < -0.3 is 19.9 Å². The molecule has 8 nitrogen and oxygen atoms in total. The summed E-state index contributed by atoms with van der Waals surface area (Å²) in [6, 6.07) is 12.7. The van der Waals surface area contributed by atoms with Gasteiger partial charge in [0.2, 0.25) is 5.91 Å². The fourth-order valence-corrected chi connectivity index (χ4v) is 4.33. The number of carbonyl (C=O) groups excluding carboxylic acids is 2. The van der Waals surface area contributed by atoms with Gasteiger partial charge in [-0.15, -0.1) is 10.2 Å². The molecule has 186 valence electrons. The largest absolute Gasteiger partial charge is 0.481 e. The third-order valence-corrected chi connectivity index (χ3v) is 6.89. The molecule has 1 heterocycles. The lowest BCUT2D eigenvalue weighted by molar-refractivity contribution is -0.127. The number of amides is 2. The highest BCUT2D eigenvalue weighted by atomic mass is 35.5. The Kier molecular flexibility index (Phi) is 9.83. The van der Waals surface area contributed by atoms with Crippen molar-refractivity contribution in [2.45, 2.75) is 51.5 Å². The van der Waals surface area contributed by atoms with E-state index in [-0.39, 0.29) is 24.1 Å². The number of aryl methyl sites for hydroxylation is 1. The molecule has 2 N–H and O–H groups in total. The number of carbonyl (C=O) groups is 2. The van der Waals surface area contributed by atoms with Crippen molar-refractivity contribution in [2.75, 3.05) is 11.1 Å². The van der Waals surface area contributed by atoms with Crippen molar-refractivity contribution in [3.63, 3.8) is 0 Å². The van der Waals surface area contributed by atoms with Crippen LogP contribution in [0.15, 0.2) is 47.6 Å². The second-order valence-electron chi connectivity index (χ2n) is 7.56. The van der Waals surface area contributed by atoms with E-state index in [1.807, 2.05) is 35.8 Å². The van der Waals surface area contributed by atoms with Gasteiger partial charge in [0.25, 0.3) is 5.91 Å². The number of aromatic nitrogens is 3. The van der Waals surface area contributed by atoms with Crippen molar-refractivity contribution in [3.8, 4) is 5.75 Å². The third-order valence-electron chi connectivity index (χ3n) is 5.10. The second kappa shape index (κ2) is 12.8.